The number of anilines is 1. The molecule has 0 unspecified atom stereocenters. The van der Waals surface area contributed by atoms with E-state index in [-0.39, 0.29) is 18.2 Å². The average molecular weight is 553 g/mol. The number of aromatic nitrogens is 7. The van der Waals surface area contributed by atoms with Crippen LogP contribution in [0.4, 0.5) is 19.1 Å². The lowest BCUT2D eigenvalue weighted by Crippen LogP contribution is -2.39. The smallest absolute Gasteiger partial charge is 0.434 e. The molecule has 6 rings (SSSR count). The van der Waals surface area contributed by atoms with Crippen LogP contribution in [-0.4, -0.2) is 47.3 Å². The summed E-state index contributed by atoms with van der Waals surface area (Å²) in [5, 5.41) is 4.70. The summed E-state index contributed by atoms with van der Waals surface area (Å²) in [5.41, 5.74) is 1.90. The quantitative estimate of drug-likeness (QED) is 0.317. The third-order valence-electron chi connectivity index (χ3n) is 7.34. The fraction of sp³-hybridized carbons (Fsp3) is 0.407. The predicted molar refractivity (Wildman–Crippen MR) is 138 cm³/mol. The fourth-order valence-corrected chi connectivity index (χ4v) is 5.09. The van der Waals surface area contributed by atoms with Gasteiger partial charge < -0.3 is 9.30 Å². The molecule has 4 aromatic rings. The number of ether oxygens (including phenoxy) is 1. The van der Waals surface area contributed by atoms with Crippen molar-refractivity contribution in [3.63, 3.8) is 0 Å². The van der Waals surface area contributed by atoms with E-state index in [4.69, 9.17) is 14.8 Å². The van der Waals surface area contributed by atoms with E-state index in [0.29, 0.717) is 47.8 Å². The van der Waals surface area contributed by atoms with Gasteiger partial charge in [0.1, 0.15) is 17.7 Å². The monoisotopic (exact) mass is 552 g/mol. The molecule has 13 heteroatoms. The molecule has 1 aliphatic carbocycles. The van der Waals surface area contributed by atoms with Crippen LogP contribution < -0.4 is 9.64 Å². The number of nitrogens with zero attached hydrogens (tertiary/aromatic N) is 8. The van der Waals surface area contributed by atoms with Crippen LogP contribution in [0.2, 0.25) is 0 Å². The molecule has 0 saturated heterocycles. The summed E-state index contributed by atoms with van der Waals surface area (Å²) >= 11 is 0. The van der Waals surface area contributed by atoms with Gasteiger partial charge in [-0.3, -0.25) is 9.69 Å². The number of carbonyl (C=O) groups is 1. The Morgan fingerprint density at radius 1 is 1.12 bits per heavy atom. The molecule has 1 aromatic carbocycles. The standard InChI is InChI=1S/C27H27F3N8O2/c1-4-36-13-19(27(28,29)30)33-24(36)18-9-5-16(6-10-18)15(2)38-20(39)11-12-37-26(38)34-23(35-37)21-22(17-7-8-17)31-14-32-25(21)40-3/h5-6,9-10,13-15,17H,4,7-8,11-12H2,1-3H3/t15-/m0/s1. The molecule has 0 N–H and O–H groups in total. The summed E-state index contributed by atoms with van der Waals surface area (Å²) in [5.74, 6) is 1.64. The SMILES string of the molecule is CCn1cc(C(F)(F)F)nc1-c1ccc([C@H](C)N2C(=O)CCn3nc(-c4c(OC)ncnc4C4CC4)nc32)cc1. The van der Waals surface area contributed by atoms with Crippen LogP contribution in [0, 0.1) is 0 Å². The Morgan fingerprint density at radius 2 is 1.88 bits per heavy atom. The summed E-state index contributed by atoms with van der Waals surface area (Å²) in [4.78, 5) is 32.1. The molecule has 2 aliphatic rings. The summed E-state index contributed by atoms with van der Waals surface area (Å²) in [6, 6.07) is 6.62. The van der Waals surface area contributed by atoms with Crippen molar-refractivity contribution in [2.75, 3.05) is 12.0 Å². The Morgan fingerprint density at radius 3 is 2.52 bits per heavy atom. The minimum absolute atomic E-state index is 0.0990. The third-order valence-corrected chi connectivity index (χ3v) is 7.34. The Kier molecular flexibility index (Phi) is 6.31. The molecule has 10 nitrogen and oxygen atoms in total. The second-order valence-corrected chi connectivity index (χ2v) is 9.92. The minimum Gasteiger partial charge on any atom is -0.480 e. The van der Waals surface area contributed by atoms with Gasteiger partial charge in [-0.25, -0.2) is 19.6 Å². The van der Waals surface area contributed by atoms with Gasteiger partial charge in [-0.2, -0.15) is 18.2 Å². The van der Waals surface area contributed by atoms with Crippen LogP contribution in [0.25, 0.3) is 22.8 Å². The number of halogens is 3. The summed E-state index contributed by atoms with van der Waals surface area (Å²) < 4.78 is 48.4. The van der Waals surface area contributed by atoms with E-state index in [1.54, 1.807) is 40.8 Å². The Balaban J connectivity index is 1.33. The number of fused-ring (bicyclic) bond motifs is 1. The van der Waals surface area contributed by atoms with E-state index in [1.165, 1.54) is 18.0 Å². The molecule has 1 saturated carbocycles. The lowest BCUT2D eigenvalue weighted by Gasteiger charge is -2.31. The first-order valence-electron chi connectivity index (χ1n) is 13.1. The van der Waals surface area contributed by atoms with Crippen molar-refractivity contribution >= 4 is 11.9 Å². The summed E-state index contributed by atoms with van der Waals surface area (Å²) in [6.45, 7) is 4.38. The predicted octanol–water partition coefficient (Wildman–Crippen LogP) is 5.02. The van der Waals surface area contributed by atoms with Gasteiger partial charge in [-0.15, -0.1) is 5.10 Å². The first-order valence-corrected chi connectivity index (χ1v) is 13.1. The van der Waals surface area contributed by atoms with Gasteiger partial charge in [-0.05, 0) is 32.3 Å². The van der Waals surface area contributed by atoms with Crippen LogP contribution in [0.15, 0.2) is 36.8 Å². The number of methoxy groups -OCH3 is 1. The third kappa shape index (κ3) is 4.48. The maximum atomic E-state index is 13.2. The second kappa shape index (κ2) is 9.72. The molecule has 0 spiro atoms. The van der Waals surface area contributed by atoms with Crippen LogP contribution in [0.1, 0.15) is 62.0 Å². The Bertz CT molecular complexity index is 1570. The van der Waals surface area contributed by atoms with E-state index in [1.807, 2.05) is 6.92 Å². The maximum Gasteiger partial charge on any atom is 0.434 e. The van der Waals surface area contributed by atoms with Crippen molar-refractivity contribution < 1.29 is 22.7 Å². The lowest BCUT2D eigenvalue weighted by atomic mass is 10.0. The summed E-state index contributed by atoms with van der Waals surface area (Å²) in [7, 11) is 1.54. The molecule has 1 atom stereocenters. The van der Waals surface area contributed by atoms with Crippen molar-refractivity contribution in [1.29, 1.82) is 0 Å². The second-order valence-electron chi connectivity index (χ2n) is 9.92. The number of amides is 1. The highest BCUT2D eigenvalue weighted by atomic mass is 19.4. The molecule has 3 aromatic heterocycles. The van der Waals surface area contributed by atoms with E-state index >= 15 is 0 Å². The van der Waals surface area contributed by atoms with Crippen molar-refractivity contribution in [3.05, 3.63) is 53.7 Å². The van der Waals surface area contributed by atoms with Gasteiger partial charge in [0.25, 0.3) is 0 Å². The van der Waals surface area contributed by atoms with Crippen molar-refractivity contribution in [2.45, 2.75) is 64.3 Å². The van der Waals surface area contributed by atoms with E-state index in [0.717, 1.165) is 30.3 Å². The highest BCUT2D eigenvalue weighted by Crippen LogP contribution is 2.45. The van der Waals surface area contributed by atoms with Crippen LogP contribution >= 0.6 is 0 Å². The van der Waals surface area contributed by atoms with Crippen LogP contribution in [0.5, 0.6) is 5.88 Å². The molecular weight excluding hydrogens is 525 g/mol. The van der Waals surface area contributed by atoms with Gasteiger partial charge in [0.15, 0.2) is 11.5 Å². The molecule has 40 heavy (non-hydrogen) atoms. The maximum absolute atomic E-state index is 13.2. The zero-order chi connectivity index (χ0) is 28.2. The van der Waals surface area contributed by atoms with E-state index in [2.05, 4.69) is 15.0 Å². The number of benzene rings is 1. The van der Waals surface area contributed by atoms with Gasteiger partial charge in [0, 0.05) is 30.6 Å². The van der Waals surface area contributed by atoms with Crippen LogP contribution in [-0.2, 0) is 24.1 Å². The molecule has 1 amide bonds. The largest absolute Gasteiger partial charge is 0.480 e. The molecule has 4 heterocycles. The molecule has 0 bridgehead atoms. The molecule has 0 radical (unpaired) electrons. The fourth-order valence-electron chi connectivity index (χ4n) is 5.09. The zero-order valence-electron chi connectivity index (χ0n) is 22.2. The molecule has 1 fully saturated rings. The molecule has 208 valence electrons. The summed E-state index contributed by atoms with van der Waals surface area (Å²) in [6.07, 6.45) is 0.268. The number of rotatable bonds is 7. The van der Waals surface area contributed by atoms with E-state index in [9.17, 15) is 18.0 Å². The number of aryl methyl sites for hydroxylation is 2. The number of hydrogen-bond donors (Lipinski definition) is 0. The Labute approximate surface area is 227 Å². The Hall–Kier alpha value is -4.29. The first-order chi connectivity index (χ1) is 19.2. The van der Waals surface area contributed by atoms with Gasteiger partial charge in [-0.1, -0.05) is 24.3 Å². The van der Waals surface area contributed by atoms with Gasteiger partial charge in [0.2, 0.25) is 17.7 Å². The lowest BCUT2D eigenvalue weighted by molar-refractivity contribution is -0.140. The highest BCUT2D eigenvalue weighted by Gasteiger charge is 2.37. The normalized spacial score (nSPS) is 16.2. The van der Waals surface area contributed by atoms with Gasteiger partial charge in [0.05, 0.1) is 25.4 Å². The number of carbonyl (C=O) groups excluding carboxylic acids is 1. The molecule has 1 aliphatic heterocycles. The van der Waals surface area contributed by atoms with Crippen molar-refractivity contribution in [1.82, 2.24) is 34.3 Å². The number of hydrogen-bond acceptors (Lipinski definition) is 7. The van der Waals surface area contributed by atoms with Crippen LogP contribution in [0.3, 0.4) is 0 Å². The highest BCUT2D eigenvalue weighted by molar-refractivity contribution is 5.94. The topological polar surface area (TPSA) is 104 Å². The number of imidazole rings is 1. The molecular formula is C27H27F3N8O2. The average Bonchev–Trinajstić information content (AvgIpc) is 3.55. The first kappa shape index (κ1) is 26.0. The number of alkyl halides is 3. The van der Waals surface area contributed by atoms with Gasteiger partial charge >= 0.3 is 6.18 Å². The van der Waals surface area contributed by atoms with E-state index < -0.39 is 17.9 Å². The van der Waals surface area contributed by atoms with Crippen molar-refractivity contribution in [2.24, 2.45) is 0 Å². The minimum atomic E-state index is -4.53. The zero-order valence-corrected chi connectivity index (χ0v) is 22.2. The van der Waals surface area contributed by atoms with Crippen molar-refractivity contribution in [3.8, 4) is 28.7 Å².